The van der Waals surface area contributed by atoms with Gasteiger partial charge in [-0.2, -0.15) is 17.0 Å². The quantitative estimate of drug-likeness (QED) is 0.595. The molecule has 0 bridgehead atoms. The van der Waals surface area contributed by atoms with Gasteiger partial charge >= 0.3 is 0 Å². The first kappa shape index (κ1) is 21.2. The molecule has 8 nitrogen and oxygen atoms in total. The maximum absolute atomic E-state index is 13.2. The largest absolute Gasteiger partial charge is 0.354 e. The predicted molar refractivity (Wildman–Crippen MR) is 119 cm³/mol. The van der Waals surface area contributed by atoms with Crippen LogP contribution in [0.5, 0.6) is 0 Å². The Bertz CT molecular complexity index is 1280. The second-order valence-electron chi connectivity index (χ2n) is 8.04. The number of thiophene rings is 1. The van der Waals surface area contributed by atoms with Gasteiger partial charge in [-0.1, -0.05) is 0 Å². The highest BCUT2D eigenvalue weighted by Crippen LogP contribution is 2.33. The highest BCUT2D eigenvalue weighted by molar-refractivity contribution is 7.86. The van der Waals surface area contributed by atoms with Crippen molar-refractivity contribution >= 4 is 31.8 Å². The van der Waals surface area contributed by atoms with Crippen molar-refractivity contribution < 1.29 is 8.42 Å². The molecule has 0 aliphatic carbocycles. The topological polar surface area (TPSA) is 80.4 Å². The lowest BCUT2D eigenvalue weighted by molar-refractivity contribution is 0.362. The zero-order valence-electron chi connectivity index (χ0n) is 18.0. The SMILES string of the molecule is Cc1cn(C)c(C)c1CCn1cnc2sc3c(c2c1=O)CCN(S(=O)(=O)N(C)C)C3. The highest BCUT2D eigenvalue weighted by Gasteiger charge is 2.31. The molecule has 0 unspecified atom stereocenters. The molecule has 30 heavy (non-hydrogen) atoms. The van der Waals surface area contributed by atoms with Crippen LogP contribution in [0, 0.1) is 13.8 Å². The molecule has 1 aliphatic heterocycles. The number of hydrogen-bond donors (Lipinski definition) is 0. The second-order valence-corrected chi connectivity index (χ2v) is 11.3. The van der Waals surface area contributed by atoms with Crippen molar-refractivity contribution in [1.82, 2.24) is 22.7 Å². The van der Waals surface area contributed by atoms with Crippen LogP contribution in [0.1, 0.15) is 27.3 Å². The second kappa shape index (κ2) is 7.60. The maximum atomic E-state index is 13.2. The fraction of sp³-hybridized carbons (Fsp3) is 0.500. The summed E-state index contributed by atoms with van der Waals surface area (Å²) < 4.78 is 31.4. The summed E-state index contributed by atoms with van der Waals surface area (Å²) in [6.07, 6.45) is 5.03. The molecule has 0 saturated carbocycles. The van der Waals surface area contributed by atoms with Crippen LogP contribution in [0.4, 0.5) is 0 Å². The van der Waals surface area contributed by atoms with Gasteiger partial charge in [0.2, 0.25) is 0 Å². The number of rotatable bonds is 5. The van der Waals surface area contributed by atoms with E-state index >= 15 is 0 Å². The lowest BCUT2D eigenvalue weighted by Crippen LogP contribution is -2.42. The molecule has 0 aromatic carbocycles. The molecule has 4 rings (SSSR count). The van der Waals surface area contributed by atoms with Crippen LogP contribution in [-0.4, -0.2) is 51.8 Å². The number of nitrogens with zero attached hydrogens (tertiary/aromatic N) is 5. The minimum absolute atomic E-state index is 0.0346. The van der Waals surface area contributed by atoms with Crippen LogP contribution in [0.15, 0.2) is 17.3 Å². The average molecular weight is 450 g/mol. The summed E-state index contributed by atoms with van der Waals surface area (Å²) in [7, 11) is 1.62. The molecule has 3 aromatic rings. The molecular formula is C20H27N5O3S2. The van der Waals surface area contributed by atoms with Crippen LogP contribution in [0.2, 0.25) is 0 Å². The molecule has 10 heteroatoms. The van der Waals surface area contributed by atoms with Gasteiger partial charge in [0.15, 0.2) is 0 Å². The first-order valence-electron chi connectivity index (χ1n) is 9.90. The van der Waals surface area contributed by atoms with Gasteiger partial charge in [0, 0.05) is 57.5 Å². The van der Waals surface area contributed by atoms with E-state index in [-0.39, 0.29) is 5.56 Å². The van der Waals surface area contributed by atoms with Crippen molar-refractivity contribution in [2.75, 3.05) is 20.6 Å². The normalized spacial score (nSPS) is 15.3. The number of aryl methyl sites for hydroxylation is 3. The summed E-state index contributed by atoms with van der Waals surface area (Å²) in [5.74, 6) is 0. The molecule has 4 heterocycles. The van der Waals surface area contributed by atoms with Crippen molar-refractivity contribution in [2.24, 2.45) is 7.05 Å². The fourth-order valence-electron chi connectivity index (χ4n) is 4.16. The standard InChI is InChI=1S/C20H27N5O3S2/c1-13-10-23(5)14(2)15(13)6-8-24-12-21-19-18(20(24)26)16-7-9-25(11-17(16)29-19)30(27,28)22(3)4/h10,12H,6-9,11H2,1-5H3. The van der Waals surface area contributed by atoms with Crippen molar-refractivity contribution in [2.45, 2.75) is 39.8 Å². The summed E-state index contributed by atoms with van der Waals surface area (Å²) in [6.45, 7) is 5.42. The van der Waals surface area contributed by atoms with Crippen LogP contribution >= 0.6 is 11.3 Å². The smallest absolute Gasteiger partial charge is 0.281 e. The average Bonchev–Trinajstić information content (AvgIpc) is 3.18. The summed E-state index contributed by atoms with van der Waals surface area (Å²) in [4.78, 5) is 19.4. The molecule has 0 atom stereocenters. The minimum atomic E-state index is -3.48. The molecule has 0 amide bonds. The maximum Gasteiger partial charge on any atom is 0.281 e. The molecule has 0 fully saturated rings. The van der Waals surface area contributed by atoms with Gasteiger partial charge in [0.25, 0.3) is 15.8 Å². The zero-order chi connectivity index (χ0) is 21.8. The lowest BCUT2D eigenvalue weighted by atomic mass is 10.1. The van der Waals surface area contributed by atoms with Crippen molar-refractivity contribution in [1.29, 1.82) is 0 Å². The first-order valence-corrected chi connectivity index (χ1v) is 12.1. The Kier molecular flexibility index (Phi) is 5.38. The monoisotopic (exact) mass is 449 g/mol. The van der Waals surface area contributed by atoms with Crippen molar-refractivity contribution in [3.63, 3.8) is 0 Å². The molecule has 3 aromatic heterocycles. The van der Waals surface area contributed by atoms with E-state index in [0.717, 1.165) is 16.9 Å². The van der Waals surface area contributed by atoms with Crippen LogP contribution in [0.3, 0.4) is 0 Å². The number of hydrogen-bond acceptors (Lipinski definition) is 5. The molecule has 162 valence electrons. The van der Waals surface area contributed by atoms with Crippen molar-refractivity contribution in [3.05, 3.63) is 50.1 Å². The van der Waals surface area contributed by atoms with E-state index in [4.69, 9.17) is 0 Å². The Morgan fingerprint density at radius 1 is 1.27 bits per heavy atom. The minimum Gasteiger partial charge on any atom is -0.354 e. The van der Waals surface area contributed by atoms with E-state index in [1.807, 2.05) is 7.05 Å². The number of aromatic nitrogens is 3. The third kappa shape index (κ3) is 3.41. The summed E-state index contributed by atoms with van der Waals surface area (Å²) in [5, 5.41) is 0.654. The molecular weight excluding hydrogens is 422 g/mol. The third-order valence-electron chi connectivity index (χ3n) is 6.01. The van der Waals surface area contributed by atoms with Gasteiger partial charge in [-0.25, -0.2) is 4.98 Å². The highest BCUT2D eigenvalue weighted by atomic mass is 32.2. The Balaban J connectivity index is 1.65. The summed E-state index contributed by atoms with van der Waals surface area (Å²) in [6, 6.07) is 0. The fourth-order valence-corrected chi connectivity index (χ4v) is 6.51. The zero-order valence-corrected chi connectivity index (χ0v) is 19.6. The van der Waals surface area contributed by atoms with Crippen LogP contribution in [-0.2, 0) is 43.2 Å². The van der Waals surface area contributed by atoms with E-state index in [9.17, 15) is 13.2 Å². The predicted octanol–water partition coefficient (Wildman–Crippen LogP) is 1.82. The van der Waals surface area contributed by atoms with E-state index in [0.29, 0.717) is 36.3 Å². The van der Waals surface area contributed by atoms with Gasteiger partial charge in [0.05, 0.1) is 11.7 Å². The van der Waals surface area contributed by atoms with Gasteiger partial charge in [-0.3, -0.25) is 9.36 Å². The Labute approximate surface area is 180 Å². The Morgan fingerprint density at radius 3 is 2.63 bits per heavy atom. The molecule has 0 saturated heterocycles. The van der Waals surface area contributed by atoms with Gasteiger partial charge in [-0.15, -0.1) is 11.3 Å². The van der Waals surface area contributed by atoms with Crippen LogP contribution in [0.25, 0.3) is 10.2 Å². The lowest BCUT2D eigenvalue weighted by Gasteiger charge is -2.28. The Morgan fingerprint density at radius 2 is 2.00 bits per heavy atom. The van der Waals surface area contributed by atoms with Gasteiger partial charge in [0.1, 0.15) is 4.83 Å². The van der Waals surface area contributed by atoms with E-state index in [2.05, 4.69) is 29.6 Å². The van der Waals surface area contributed by atoms with E-state index < -0.39 is 10.2 Å². The van der Waals surface area contributed by atoms with E-state index in [1.54, 1.807) is 10.9 Å². The third-order valence-corrected chi connectivity index (χ3v) is 9.02. The molecule has 0 N–H and O–H groups in total. The molecule has 0 spiro atoms. The van der Waals surface area contributed by atoms with Gasteiger partial charge < -0.3 is 4.57 Å². The van der Waals surface area contributed by atoms with Crippen LogP contribution < -0.4 is 5.56 Å². The molecule has 1 aliphatic rings. The summed E-state index contributed by atoms with van der Waals surface area (Å²) in [5.41, 5.74) is 4.63. The first-order chi connectivity index (χ1) is 14.1. The Hall–Kier alpha value is -2.01. The molecule has 0 radical (unpaired) electrons. The summed E-state index contributed by atoms with van der Waals surface area (Å²) >= 11 is 1.42. The number of fused-ring (bicyclic) bond motifs is 3. The van der Waals surface area contributed by atoms with Crippen molar-refractivity contribution in [3.8, 4) is 0 Å². The van der Waals surface area contributed by atoms with E-state index in [1.165, 1.54) is 50.9 Å². The van der Waals surface area contributed by atoms with Gasteiger partial charge in [-0.05, 0) is 43.4 Å².